The summed E-state index contributed by atoms with van der Waals surface area (Å²) in [5, 5.41) is 4.84. The lowest BCUT2D eigenvalue weighted by Crippen LogP contribution is -2.60. The van der Waals surface area contributed by atoms with Gasteiger partial charge < -0.3 is 14.0 Å². The molecule has 4 heterocycles. The third-order valence-corrected chi connectivity index (χ3v) is 7.61. The third kappa shape index (κ3) is 2.93. The quantitative estimate of drug-likeness (QED) is 0.618. The largest absolute Gasteiger partial charge is 0.445 e. The van der Waals surface area contributed by atoms with Crippen LogP contribution in [0.2, 0.25) is 0 Å². The highest BCUT2D eigenvalue weighted by Crippen LogP contribution is 2.51. The van der Waals surface area contributed by atoms with Crippen LogP contribution >= 0.6 is 11.3 Å². The number of nitrogens with one attached hydrogen (secondary N) is 1. The van der Waals surface area contributed by atoms with E-state index in [1.807, 2.05) is 18.4 Å². The lowest BCUT2D eigenvalue weighted by molar-refractivity contribution is -0.938. The molecule has 3 aliphatic rings. The van der Waals surface area contributed by atoms with Gasteiger partial charge in [0.2, 0.25) is 0 Å². The van der Waals surface area contributed by atoms with Crippen LogP contribution in [-0.2, 0) is 9.47 Å². The summed E-state index contributed by atoms with van der Waals surface area (Å²) in [4.78, 5) is 13.5. The smallest absolute Gasteiger partial charge is 0.411 e. The van der Waals surface area contributed by atoms with E-state index in [9.17, 15) is 9.18 Å². The Labute approximate surface area is 167 Å². The van der Waals surface area contributed by atoms with Crippen LogP contribution < -0.4 is 5.32 Å². The Bertz CT molecular complexity index is 923. The second-order valence-corrected chi connectivity index (χ2v) is 9.54. The number of likely N-dealkylation sites (N-methyl/N-ethyl adjacent to an activating group) is 1. The number of anilines is 1. The van der Waals surface area contributed by atoms with Crippen LogP contribution in [0.5, 0.6) is 0 Å². The topological polar surface area (TPSA) is 50.9 Å². The molecule has 1 unspecified atom stereocenters. The Hall–Kier alpha value is -1.96. The molecule has 148 valence electrons. The number of thiophene rings is 1. The highest BCUT2D eigenvalue weighted by atomic mass is 32.1. The fourth-order valence-corrected chi connectivity index (χ4v) is 5.92. The van der Waals surface area contributed by atoms with Crippen LogP contribution in [0, 0.1) is 12.7 Å². The maximum atomic E-state index is 13.8. The fraction of sp³-hybridized carbons (Fsp3) is 0.476. The van der Waals surface area contributed by atoms with Crippen LogP contribution in [0.3, 0.4) is 0 Å². The molecule has 0 saturated carbocycles. The molecule has 1 N–H and O–H groups in total. The number of hydrogen-bond donors (Lipinski definition) is 1. The average molecular weight is 403 g/mol. The first kappa shape index (κ1) is 18.1. The number of aryl methyl sites for hydroxylation is 1. The Morgan fingerprint density at radius 2 is 1.96 bits per heavy atom. The summed E-state index contributed by atoms with van der Waals surface area (Å²) >= 11 is 1.53. The van der Waals surface area contributed by atoms with Gasteiger partial charge in [-0.05, 0) is 42.1 Å². The molecule has 0 radical (unpaired) electrons. The van der Waals surface area contributed by atoms with Crippen molar-refractivity contribution in [1.82, 2.24) is 0 Å². The van der Waals surface area contributed by atoms with Crippen LogP contribution in [-0.4, -0.2) is 55.1 Å². The molecule has 3 aliphatic heterocycles. The summed E-state index contributed by atoms with van der Waals surface area (Å²) in [5.74, 6) is -0.331. The number of ether oxygens (including phenoxy) is 2. The molecule has 1 aromatic heterocycles. The zero-order chi connectivity index (χ0) is 19.6. The van der Waals surface area contributed by atoms with E-state index in [1.54, 1.807) is 6.07 Å². The number of morpholine rings is 1. The normalized spacial score (nSPS) is 31.9. The van der Waals surface area contributed by atoms with Crippen molar-refractivity contribution in [1.29, 1.82) is 0 Å². The summed E-state index contributed by atoms with van der Waals surface area (Å²) in [6, 6.07) is 7.15. The van der Waals surface area contributed by atoms with Gasteiger partial charge in [-0.1, -0.05) is 0 Å². The summed E-state index contributed by atoms with van der Waals surface area (Å²) in [5.41, 5.74) is 2.34. The molecule has 5 nitrogen and oxygen atoms in total. The number of quaternary nitrogens is 1. The van der Waals surface area contributed by atoms with Crippen molar-refractivity contribution in [3.8, 4) is 10.4 Å². The highest BCUT2D eigenvalue weighted by molar-refractivity contribution is 7.13. The number of carbonyl (C=O) groups is 1. The van der Waals surface area contributed by atoms with Crippen molar-refractivity contribution in [3.05, 3.63) is 41.0 Å². The zero-order valence-corrected chi connectivity index (χ0v) is 17.0. The van der Waals surface area contributed by atoms with Crippen LogP contribution in [0.25, 0.3) is 10.4 Å². The standard InChI is InChI=1S/C21H23FN2O3S/c1-11-6-18(28-10-11)14-7-12(22)4-5-15(14)23-21(25)26-13-8-16-19-20(27-19)17(9-13)24(16,2)3/h4-7,10,13,16-17,19-20H,8-9H2,1-3H3/p+1/t13?,16-,17+,19-,20+. The summed E-state index contributed by atoms with van der Waals surface area (Å²) in [7, 11) is 4.49. The minimum Gasteiger partial charge on any atom is -0.445 e. The van der Waals surface area contributed by atoms with E-state index >= 15 is 0 Å². The van der Waals surface area contributed by atoms with E-state index in [0.717, 1.165) is 27.8 Å². The fourth-order valence-electron chi connectivity index (χ4n) is 4.99. The van der Waals surface area contributed by atoms with E-state index in [2.05, 4.69) is 19.4 Å². The minimum atomic E-state index is -0.479. The van der Waals surface area contributed by atoms with Crippen molar-refractivity contribution in [2.45, 2.75) is 50.2 Å². The molecule has 3 saturated heterocycles. The highest BCUT2D eigenvalue weighted by Gasteiger charge is 2.70. The van der Waals surface area contributed by atoms with Crippen LogP contribution in [0.15, 0.2) is 29.6 Å². The van der Waals surface area contributed by atoms with Crippen molar-refractivity contribution >= 4 is 23.1 Å². The van der Waals surface area contributed by atoms with Gasteiger partial charge in [0.25, 0.3) is 0 Å². The Morgan fingerprint density at radius 1 is 1.25 bits per heavy atom. The molecule has 28 heavy (non-hydrogen) atoms. The van der Waals surface area contributed by atoms with Gasteiger partial charge >= 0.3 is 6.09 Å². The number of nitrogens with zero attached hydrogens (tertiary/aromatic N) is 1. The molecule has 7 heteroatoms. The number of fused-ring (bicyclic) bond motifs is 5. The molecule has 5 atom stereocenters. The maximum absolute atomic E-state index is 13.8. The third-order valence-electron chi connectivity index (χ3n) is 6.53. The SMILES string of the molecule is Cc1csc(-c2cc(F)ccc2NC(=O)OC2C[C@@H]3[C@H]4O[C@H]4[C@H](C2)[N+]3(C)C)c1. The molecule has 5 rings (SSSR count). The Balaban J connectivity index is 1.29. The van der Waals surface area contributed by atoms with E-state index in [-0.39, 0.29) is 11.9 Å². The first-order valence-electron chi connectivity index (χ1n) is 9.64. The van der Waals surface area contributed by atoms with Gasteiger partial charge in [-0.3, -0.25) is 5.32 Å². The molecule has 2 bridgehead atoms. The summed E-state index contributed by atoms with van der Waals surface area (Å²) in [6.45, 7) is 1.99. The minimum absolute atomic E-state index is 0.106. The molecule has 2 aromatic rings. The molecule has 3 fully saturated rings. The molecule has 0 aliphatic carbocycles. The molecule has 1 aromatic carbocycles. The predicted octanol–water partition coefficient (Wildman–Crippen LogP) is 4.17. The number of carbonyl (C=O) groups excluding carboxylic acids is 1. The van der Waals surface area contributed by atoms with Crippen LogP contribution in [0.1, 0.15) is 18.4 Å². The van der Waals surface area contributed by atoms with E-state index < -0.39 is 6.09 Å². The van der Waals surface area contributed by atoms with Gasteiger partial charge in [0.1, 0.15) is 36.2 Å². The van der Waals surface area contributed by atoms with Gasteiger partial charge in [-0.25, -0.2) is 9.18 Å². The van der Waals surface area contributed by atoms with Crippen molar-refractivity contribution in [3.63, 3.8) is 0 Å². The van der Waals surface area contributed by atoms with Crippen molar-refractivity contribution in [2.75, 3.05) is 19.4 Å². The van der Waals surface area contributed by atoms with E-state index in [0.29, 0.717) is 35.5 Å². The number of piperidine rings is 1. The van der Waals surface area contributed by atoms with Gasteiger partial charge in [0, 0.05) is 23.3 Å². The number of amides is 1. The summed E-state index contributed by atoms with van der Waals surface area (Å²) in [6.07, 6.45) is 1.69. The monoisotopic (exact) mass is 403 g/mol. The Kier molecular flexibility index (Phi) is 4.05. The van der Waals surface area contributed by atoms with Gasteiger partial charge in [0.05, 0.1) is 19.8 Å². The predicted molar refractivity (Wildman–Crippen MR) is 106 cm³/mol. The van der Waals surface area contributed by atoms with Crippen molar-refractivity contribution in [2.24, 2.45) is 0 Å². The number of rotatable bonds is 3. The summed E-state index contributed by atoms with van der Waals surface area (Å²) < 4.78 is 26.3. The second-order valence-electron chi connectivity index (χ2n) is 8.63. The maximum Gasteiger partial charge on any atom is 0.411 e. The molecule has 0 spiro atoms. The second kappa shape index (κ2) is 6.27. The van der Waals surface area contributed by atoms with Gasteiger partial charge in [0.15, 0.2) is 0 Å². The average Bonchev–Trinajstić information content (AvgIpc) is 3.27. The molecular formula is C21H24FN2O3S+. The van der Waals surface area contributed by atoms with Crippen molar-refractivity contribution < 1.29 is 23.1 Å². The number of epoxide rings is 1. The van der Waals surface area contributed by atoms with Crippen LogP contribution in [0.4, 0.5) is 14.9 Å². The number of benzene rings is 1. The molecular weight excluding hydrogens is 379 g/mol. The molecule has 1 amide bonds. The first-order valence-corrected chi connectivity index (χ1v) is 10.5. The number of halogens is 1. The zero-order valence-electron chi connectivity index (χ0n) is 16.1. The lowest BCUT2D eigenvalue weighted by atomic mass is 9.96. The van der Waals surface area contributed by atoms with E-state index in [1.165, 1.54) is 23.5 Å². The van der Waals surface area contributed by atoms with Gasteiger partial charge in [-0.15, -0.1) is 11.3 Å². The number of hydrogen-bond acceptors (Lipinski definition) is 4. The van der Waals surface area contributed by atoms with E-state index in [4.69, 9.17) is 9.47 Å². The lowest BCUT2D eigenvalue weighted by Gasteiger charge is -2.45. The van der Waals surface area contributed by atoms with Gasteiger partial charge in [-0.2, -0.15) is 0 Å². The Morgan fingerprint density at radius 3 is 2.61 bits per heavy atom. The first-order chi connectivity index (χ1) is 13.3.